The molecule has 1 aliphatic rings. The van der Waals surface area contributed by atoms with E-state index >= 15 is 0 Å². The van der Waals surface area contributed by atoms with Gasteiger partial charge in [0.1, 0.15) is 11.3 Å². The summed E-state index contributed by atoms with van der Waals surface area (Å²) in [5.41, 5.74) is 8.25. The number of pyridine rings is 1. The molecule has 1 aromatic carbocycles. The maximum absolute atomic E-state index is 14.0. The molecule has 1 saturated heterocycles. The smallest absolute Gasteiger partial charge is 0.255 e. The van der Waals surface area contributed by atoms with Crippen LogP contribution in [0.2, 0.25) is 0 Å². The standard InChI is InChI=1S/C19H21FN6O/c1-2-26-17-15(23-19(26)21)11-13(12-22-17)18(27)25-9-7-24(8-10-25)16-6-4-3-5-14(16)20/h3-6,11-12H,2,7-10H2,1H3,(H2,21,23). The number of nitrogens with two attached hydrogens (primary N) is 1. The highest BCUT2D eigenvalue weighted by molar-refractivity contribution is 5.96. The number of aromatic nitrogens is 3. The lowest BCUT2D eigenvalue weighted by Gasteiger charge is -2.36. The molecule has 1 fully saturated rings. The maximum atomic E-state index is 14.0. The molecule has 2 N–H and O–H groups in total. The number of hydrogen-bond donors (Lipinski definition) is 1. The van der Waals surface area contributed by atoms with Gasteiger partial charge in [-0.05, 0) is 25.1 Å². The number of amides is 1. The molecule has 0 unspecified atom stereocenters. The number of nitrogens with zero attached hydrogens (tertiary/aromatic N) is 5. The van der Waals surface area contributed by atoms with Crippen LogP contribution < -0.4 is 10.6 Å². The summed E-state index contributed by atoms with van der Waals surface area (Å²) in [5.74, 6) is 0.0568. The average molecular weight is 368 g/mol. The van der Waals surface area contributed by atoms with E-state index < -0.39 is 0 Å². The van der Waals surface area contributed by atoms with Crippen molar-refractivity contribution < 1.29 is 9.18 Å². The Labute approximate surface area is 156 Å². The fourth-order valence-corrected chi connectivity index (χ4v) is 3.50. The van der Waals surface area contributed by atoms with Gasteiger partial charge in [-0.25, -0.2) is 14.4 Å². The number of nitrogen functional groups attached to an aromatic ring is 1. The molecule has 8 heteroatoms. The van der Waals surface area contributed by atoms with Crippen LogP contribution in [0.25, 0.3) is 11.2 Å². The van der Waals surface area contributed by atoms with E-state index in [9.17, 15) is 9.18 Å². The fourth-order valence-electron chi connectivity index (χ4n) is 3.50. The lowest BCUT2D eigenvalue weighted by atomic mass is 10.2. The van der Waals surface area contributed by atoms with E-state index in [1.807, 2.05) is 17.9 Å². The first kappa shape index (κ1) is 17.3. The fraction of sp³-hybridized carbons (Fsp3) is 0.316. The van der Waals surface area contributed by atoms with Gasteiger partial charge < -0.3 is 15.5 Å². The third-order valence-electron chi connectivity index (χ3n) is 4.94. The molecular formula is C19H21FN6O. The normalized spacial score (nSPS) is 14.7. The average Bonchev–Trinajstić information content (AvgIpc) is 3.02. The molecule has 0 bridgehead atoms. The van der Waals surface area contributed by atoms with Crippen LogP contribution in [0.3, 0.4) is 0 Å². The quantitative estimate of drug-likeness (QED) is 0.766. The van der Waals surface area contributed by atoms with E-state index in [0.717, 1.165) is 0 Å². The summed E-state index contributed by atoms with van der Waals surface area (Å²) in [6.45, 7) is 4.85. The molecular weight excluding hydrogens is 347 g/mol. The molecule has 0 atom stereocenters. The Kier molecular flexibility index (Phi) is 4.39. The zero-order valence-corrected chi connectivity index (χ0v) is 15.1. The highest BCUT2D eigenvalue weighted by Crippen LogP contribution is 2.22. The number of para-hydroxylation sites is 1. The van der Waals surface area contributed by atoms with Gasteiger partial charge in [-0.3, -0.25) is 9.36 Å². The molecule has 0 saturated carbocycles. The number of halogens is 1. The van der Waals surface area contributed by atoms with Crippen LogP contribution in [-0.2, 0) is 6.54 Å². The van der Waals surface area contributed by atoms with Crippen molar-refractivity contribution in [3.8, 4) is 0 Å². The number of imidazole rings is 1. The minimum atomic E-state index is -0.240. The topological polar surface area (TPSA) is 80.3 Å². The number of piperazine rings is 1. The SMILES string of the molecule is CCn1c(N)nc2cc(C(=O)N3CCN(c4ccccc4F)CC3)cnc21. The summed E-state index contributed by atoms with van der Waals surface area (Å²) in [6.07, 6.45) is 1.57. The zero-order chi connectivity index (χ0) is 19.0. The molecule has 0 spiro atoms. The first-order chi connectivity index (χ1) is 13.1. The van der Waals surface area contributed by atoms with Crippen molar-refractivity contribution in [2.45, 2.75) is 13.5 Å². The van der Waals surface area contributed by atoms with E-state index in [4.69, 9.17) is 5.73 Å². The molecule has 3 aromatic rings. The Bertz CT molecular complexity index is 993. The summed E-state index contributed by atoms with van der Waals surface area (Å²) in [7, 11) is 0. The lowest BCUT2D eigenvalue weighted by molar-refractivity contribution is 0.0746. The Balaban J connectivity index is 1.49. The van der Waals surface area contributed by atoms with Crippen LogP contribution in [0.1, 0.15) is 17.3 Å². The highest BCUT2D eigenvalue weighted by atomic mass is 19.1. The van der Waals surface area contributed by atoms with Gasteiger partial charge >= 0.3 is 0 Å². The van der Waals surface area contributed by atoms with Crippen molar-refractivity contribution in [3.05, 3.63) is 47.9 Å². The van der Waals surface area contributed by atoms with Gasteiger partial charge in [-0.1, -0.05) is 12.1 Å². The minimum Gasteiger partial charge on any atom is -0.369 e. The van der Waals surface area contributed by atoms with Crippen molar-refractivity contribution in [2.24, 2.45) is 0 Å². The van der Waals surface area contributed by atoms with Crippen LogP contribution in [0.15, 0.2) is 36.5 Å². The van der Waals surface area contributed by atoms with Crippen molar-refractivity contribution in [1.29, 1.82) is 0 Å². The molecule has 140 valence electrons. The molecule has 1 aliphatic heterocycles. The molecule has 27 heavy (non-hydrogen) atoms. The number of carbonyl (C=O) groups excluding carboxylic acids is 1. The number of hydrogen-bond acceptors (Lipinski definition) is 5. The predicted octanol–water partition coefficient (Wildman–Crippen LogP) is 2.13. The maximum Gasteiger partial charge on any atom is 0.255 e. The highest BCUT2D eigenvalue weighted by Gasteiger charge is 2.24. The summed E-state index contributed by atoms with van der Waals surface area (Å²) in [4.78, 5) is 25.2. The van der Waals surface area contributed by atoms with Gasteiger partial charge in [0.2, 0.25) is 5.95 Å². The van der Waals surface area contributed by atoms with Gasteiger partial charge in [0.15, 0.2) is 5.65 Å². The van der Waals surface area contributed by atoms with Gasteiger partial charge in [0.05, 0.1) is 11.3 Å². The number of rotatable bonds is 3. The van der Waals surface area contributed by atoms with E-state index in [1.165, 1.54) is 6.07 Å². The van der Waals surface area contributed by atoms with Gasteiger partial charge in [-0.2, -0.15) is 0 Å². The zero-order valence-electron chi connectivity index (χ0n) is 15.1. The Morgan fingerprint density at radius 1 is 1.22 bits per heavy atom. The third-order valence-corrected chi connectivity index (χ3v) is 4.94. The second-order valence-electron chi connectivity index (χ2n) is 6.51. The van der Waals surface area contributed by atoms with Crippen LogP contribution in [0, 0.1) is 5.82 Å². The summed E-state index contributed by atoms with van der Waals surface area (Å²) >= 11 is 0. The summed E-state index contributed by atoms with van der Waals surface area (Å²) in [6, 6.07) is 8.44. The van der Waals surface area contributed by atoms with Crippen molar-refractivity contribution in [1.82, 2.24) is 19.4 Å². The summed E-state index contributed by atoms with van der Waals surface area (Å²) < 4.78 is 15.8. The number of benzene rings is 1. The Hall–Kier alpha value is -3.16. The van der Waals surface area contributed by atoms with Crippen LogP contribution >= 0.6 is 0 Å². The molecule has 0 aliphatic carbocycles. The molecule has 7 nitrogen and oxygen atoms in total. The summed E-state index contributed by atoms with van der Waals surface area (Å²) in [5, 5.41) is 0. The van der Waals surface area contributed by atoms with Crippen LogP contribution in [0.4, 0.5) is 16.0 Å². The van der Waals surface area contributed by atoms with Crippen LogP contribution in [0.5, 0.6) is 0 Å². The second kappa shape index (κ2) is 6.86. The molecule has 0 radical (unpaired) electrons. The van der Waals surface area contributed by atoms with Gasteiger partial charge in [0.25, 0.3) is 5.91 Å². The monoisotopic (exact) mass is 368 g/mol. The van der Waals surface area contributed by atoms with E-state index in [0.29, 0.717) is 61.1 Å². The first-order valence-corrected chi connectivity index (χ1v) is 8.99. The molecule has 2 aromatic heterocycles. The van der Waals surface area contributed by atoms with Crippen molar-refractivity contribution in [3.63, 3.8) is 0 Å². The molecule has 1 amide bonds. The van der Waals surface area contributed by atoms with Gasteiger partial charge in [0, 0.05) is 38.9 Å². The number of carbonyl (C=O) groups is 1. The lowest BCUT2D eigenvalue weighted by Crippen LogP contribution is -2.49. The van der Waals surface area contributed by atoms with Crippen molar-refractivity contribution in [2.75, 3.05) is 36.8 Å². The number of aryl methyl sites for hydroxylation is 1. The van der Waals surface area contributed by atoms with E-state index in [-0.39, 0.29) is 11.7 Å². The predicted molar refractivity (Wildman–Crippen MR) is 102 cm³/mol. The van der Waals surface area contributed by atoms with Crippen molar-refractivity contribution >= 4 is 28.7 Å². The first-order valence-electron chi connectivity index (χ1n) is 8.99. The number of anilines is 2. The third kappa shape index (κ3) is 3.07. The second-order valence-corrected chi connectivity index (χ2v) is 6.51. The van der Waals surface area contributed by atoms with Crippen LogP contribution in [-0.4, -0.2) is 51.5 Å². The van der Waals surface area contributed by atoms with Gasteiger partial charge in [-0.15, -0.1) is 0 Å². The van der Waals surface area contributed by atoms with E-state index in [1.54, 1.807) is 33.9 Å². The minimum absolute atomic E-state index is 0.0952. The Morgan fingerprint density at radius 2 is 1.96 bits per heavy atom. The molecule has 4 rings (SSSR count). The largest absolute Gasteiger partial charge is 0.369 e. The molecule has 3 heterocycles. The number of fused-ring (bicyclic) bond motifs is 1. The van der Waals surface area contributed by atoms with E-state index in [2.05, 4.69) is 9.97 Å². The Morgan fingerprint density at radius 3 is 2.67 bits per heavy atom.